The van der Waals surface area contributed by atoms with Crippen molar-refractivity contribution in [2.24, 2.45) is 11.1 Å². The summed E-state index contributed by atoms with van der Waals surface area (Å²) in [6, 6.07) is 0.0633. The number of hydrogen-bond donors (Lipinski definition) is 1. The fourth-order valence-electron chi connectivity index (χ4n) is 3.50. The first-order valence-corrected chi connectivity index (χ1v) is 6.85. The van der Waals surface area contributed by atoms with Crippen LogP contribution in [0.1, 0.15) is 51.1 Å². The first-order chi connectivity index (χ1) is 8.42. The molecule has 4 heteroatoms. The molecule has 1 aromatic heterocycles. The molecule has 1 aliphatic carbocycles. The Balaban J connectivity index is 1.76. The van der Waals surface area contributed by atoms with E-state index >= 15 is 0 Å². The van der Waals surface area contributed by atoms with Crippen LogP contribution >= 0.6 is 0 Å². The monoisotopic (exact) mass is 249 g/mol. The lowest BCUT2D eigenvalue weighted by molar-refractivity contribution is 0.0325. The van der Waals surface area contributed by atoms with Gasteiger partial charge < -0.3 is 10.2 Å². The van der Waals surface area contributed by atoms with Crippen molar-refractivity contribution in [3.8, 4) is 0 Å². The lowest BCUT2D eigenvalue weighted by Crippen LogP contribution is -2.51. The summed E-state index contributed by atoms with van der Waals surface area (Å²) in [5.74, 6) is 1.02. The maximum Gasteiger partial charge on any atom is 0.181 e. The Morgan fingerprint density at radius 3 is 2.61 bits per heavy atom. The number of oxazole rings is 1. The van der Waals surface area contributed by atoms with Crippen molar-refractivity contribution in [2.45, 2.75) is 51.6 Å². The number of aromatic nitrogens is 1. The molecule has 3 rings (SSSR count). The van der Waals surface area contributed by atoms with Gasteiger partial charge in [0.15, 0.2) is 6.39 Å². The lowest BCUT2D eigenvalue weighted by Gasteiger charge is -2.46. The van der Waals surface area contributed by atoms with Crippen LogP contribution in [0.5, 0.6) is 0 Å². The van der Waals surface area contributed by atoms with Gasteiger partial charge in [-0.1, -0.05) is 0 Å². The fraction of sp³-hybridized carbons (Fsp3) is 0.786. The van der Waals surface area contributed by atoms with Crippen LogP contribution in [-0.4, -0.2) is 28.5 Å². The average molecular weight is 249 g/mol. The molecule has 1 saturated heterocycles. The largest absolute Gasteiger partial charge is 0.448 e. The Kier molecular flexibility index (Phi) is 2.58. The Bertz CT molecular complexity index is 438. The zero-order chi connectivity index (χ0) is 13.0. The minimum Gasteiger partial charge on any atom is -0.448 e. The molecule has 0 unspecified atom stereocenters. The molecule has 1 aliphatic heterocycles. The van der Waals surface area contributed by atoms with Crippen molar-refractivity contribution >= 4 is 0 Å². The van der Waals surface area contributed by atoms with Gasteiger partial charge in [-0.25, -0.2) is 4.98 Å². The molecule has 1 spiro atoms. The standard InChI is InChI=1S/C14H23N3O/c1-13(2,3)17-6-4-14(5-7-17)8-10-11(12(14)15)16-9-18-10/h9,12H,4-8,15H2,1-3H3/t12-/m1/s1. The summed E-state index contributed by atoms with van der Waals surface area (Å²) < 4.78 is 5.46. The predicted molar refractivity (Wildman–Crippen MR) is 70.1 cm³/mol. The first-order valence-electron chi connectivity index (χ1n) is 6.85. The molecule has 0 amide bonds. The Morgan fingerprint density at radius 1 is 1.39 bits per heavy atom. The molecule has 4 nitrogen and oxygen atoms in total. The normalized spacial score (nSPS) is 27.7. The molecule has 18 heavy (non-hydrogen) atoms. The second kappa shape index (κ2) is 3.81. The molecule has 2 N–H and O–H groups in total. The van der Waals surface area contributed by atoms with Crippen LogP contribution in [0.25, 0.3) is 0 Å². The van der Waals surface area contributed by atoms with E-state index in [1.54, 1.807) is 0 Å². The lowest BCUT2D eigenvalue weighted by atomic mass is 9.73. The SMILES string of the molecule is CC(C)(C)N1CCC2(CC1)Cc1ocnc1[C@H]2N. The third kappa shape index (κ3) is 1.70. The summed E-state index contributed by atoms with van der Waals surface area (Å²) in [7, 11) is 0. The van der Waals surface area contributed by atoms with Gasteiger partial charge in [0.25, 0.3) is 0 Å². The van der Waals surface area contributed by atoms with E-state index in [-0.39, 0.29) is 17.0 Å². The van der Waals surface area contributed by atoms with Crippen molar-refractivity contribution < 1.29 is 4.42 Å². The summed E-state index contributed by atoms with van der Waals surface area (Å²) in [5, 5.41) is 0. The molecule has 2 aliphatic rings. The molecule has 1 atom stereocenters. The van der Waals surface area contributed by atoms with E-state index in [9.17, 15) is 0 Å². The quantitative estimate of drug-likeness (QED) is 0.765. The molecule has 0 radical (unpaired) electrons. The minimum absolute atomic E-state index is 0.0633. The Labute approximate surface area is 109 Å². The molecule has 2 heterocycles. The number of nitrogens with zero attached hydrogens (tertiary/aromatic N) is 2. The number of likely N-dealkylation sites (tertiary alicyclic amines) is 1. The van der Waals surface area contributed by atoms with Gasteiger partial charge >= 0.3 is 0 Å². The summed E-state index contributed by atoms with van der Waals surface area (Å²) >= 11 is 0. The maximum absolute atomic E-state index is 6.41. The smallest absolute Gasteiger partial charge is 0.181 e. The van der Waals surface area contributed by atoms with E-state index in [4.69, 9.17) is 10.2 Å². The molecular weight excluding hydrogens is 226 g/mol. The summed E-state index contributed by atoms with van der Waals surface area (Å²) in [5.41, 5.74) is 7.87. The summed E-state index contributed by atoms with van der Waals surface area (Å²) in [4.78, 5) is 6.84. The van der Waals surface area contributed by atoms with Crippen LogP contribution in [-0.2, 0) is 6.42 Å². The van der Waals surface area contributed by atoms with Gasteiger partial charge in [-0.05, 0) is 46.7 Å². The van der Waals surface area contributed by atoms with E-state index in [2.05, 4.69) is 30.7 Å². The van der Waals surface area contributed by atoms with Crippen molar-refractivity contribution in [2.75, 3.05) is 13.1 Å². The Morgan fingerprint density at radius 2 is 2.06 bits per heavy atom. The molecule has 0 aromatic carbocycles. The van der Waals surface area contributed by atoms with Crippen molar-refractivity contribution in [1.29, 1.82) is 0 Å². The van der Waals surface area contributed by atoms with Gasteiger partial charge in [0.1, 0.15) is 5.76 Å². The second-order valence-electron chi connectivity index (χ2n) is 6.84. The van der Waals surface area contributed by atoms with Crippen LogP contribution in [0, 0.1) is 5.41 Å². The predicted octanol–water partition coefficient (Wildman–Crippen LogP) is 2.11. The number of nitrogens with two attached hydrogens (primary N) is 1. The minimum atomic E-state index is 0.0633. The van der Waals surface area contributed by atoms with Gasteiger partial charge in [0.2, 0.25) is 0 Å². The van der Waals surface area contributed by atoms with Crippen LogP contribution in [0.4, 0.5) is 0 Å². The third-order valence-electron chi connectivity index (χ3n) is 4.85. The van der Waals surface area contributed by atoms with Crippen LogP contribution in [0.2, 0.25) is 0 Å². The molecular formula is C14H23N3O. The van der Waals surface area contributed by atoms with Gasteiger partial charge in [-0.3, -0.25) is 4.90 Å². The van der Waals surface area contributed by atoms with E-state index < -0.39 is 0 Å². The number of rotatable bonds is 0. The van der Waals surface area contributed by atoms with Crippen LogP contribution < -0.4 is 5.73 Å². The first kappa shape index (κ1) is 12.2. The van der Waals surface area contributed by atoms with E-state index in [1.165, 1.54) is 6.39 Å². The summed E-state index contributed by atoms with van der Waals surface area (Å²) in [6.45, 7) is 9.10. The molecule has 0 bridgehead atoms. The van der Waals surface area contributed by atoms with Crippen LogP contribution in [0.3, 0.4) is 0 Å². The van der Waals surface area contributed by atoms with Crippen molar-refractivity contribution in [3.63, 3.8) is 0 Å². The molecule has 100 valence electrons. The van der Waals surface area contributed by atoms with Crippen molar-refractivity contribution in [1.82, 2.24) is 9.88 Å². The fourth-order valence-corrected chi connectivity index (χ4v) is 3.50. The topological polar surface area (TPSA) is 55.3 Å². The second-order valence-corrected chi connectivity index (χ2v) is 6.84. The van der Waals surface area contributed by atoms with Crippen molar-refractivity contribution in [3.05, 3.63) is 17.8 Å². The molecule has 1 aromatic rings. The van der Waals surface area contributed by atoms with E-state index in [0.717, 1.165) is 43.8 Å². The van der Waals surface area contributed by atoms with E-state index in [1.807, 2.05) is 0 Å². The number of piperidine rings is 1. The van der Waals surface area contributed by atoms with Crippen LogP contribution in [0.15, 0.2) is 10.8 Å². The highest BCUT2D eigenvalue weighted by Crippen LogP contribution is 2.50. The average Bonchev–Trinajstić information content (AvgIpc) is 2.83. The highest BCUT2D eigenvalue weighted by Gasteiger charge is 2.49. The highest BCUT2D eigenvalue weighted by molar-refractivity contribution is 5.25. The van der Waals surface area contributed by atoms with Gasteiger partial charge in [-0.2, -0.15) is 0 Å². The third-order valence-corrected chi connectivity index (χ3v) is 4.85. The van der Waals surface area contributed by atoms with E-state index in [0.29, 0.717) is 0 Å². The molecule has 1 fully saturated rings. The zero-order valence-electron chi connectivity index (χ0n) is 11.6. The van der Waals surface area contributed by atoms with Gasteiger partial charge in [0.05, 0.1) is 11.7 Å². The zero-order valence-corrected chi connectivity index (χ0v) is 11.6. The number of hydrogen-bond acceptors (Lipinski definition) is 4. The van der Waals surface area contributed by atoms with Gasteiger partial charge in [0, 0.05) is 17.4 Å². The Hall–Kier alpha value is -0.870. The molecule has 0 saturated carbocycles. The summed E-state index contributed by atoms with van der Waals surface area (Å²) in [6.07, 6.45) is 4.80. The maximum atomic E-state index is 6.41. The van der Waals surface area contributed by atoms with Gasteiger partial charge in [-0.15, -0.1) is 0 Å². The number of fused-ring (bicyclic) bond motifs is 1. The highest BCUT2D eigenvalue weighted by atomic mass is 16.3.